The summed E-state index contributed by atoms with van der Waals surface area (Å²) < 4.78 is 20.4. The van der Waals surface area contributed by atoms with E-state index >= 15 is 0 Å². The first-order chi connectivity index (χ1) is 18.3. The lowest BCUT2D eigenvalue weighted by Crippen LogP contribution is -2.39. The number of aromatic nitrogens is 4. The highest BCUT2D eigenvalue weighted by molar-refractivity contribution is 5.75. The van der Waals surface area contributed by atoms with Crippen LogP contribution >= 0.6 is 0 Å². The van der Waals surface area contributed by atoms with Gasteiger partial charge in [-0.2, -0.15) is 0 Å². The van der Waals surface area contributed by atoms with E-state index in [2.05, 4.69) is 10.3 Å². The number of unbranched alkanes of at least 4 members (excludes halogenated alkanes) is 6. The molecular formula is C27H39N5O6. The number of imidazole rings is 1. The van der Waals surface area contributed by atoms with Gasteiger partial charge in [-0.05, 0) is 30.5 Å². The predicted molar refractivity (Wildman–Crippen MR) is 145 cm³/mol. The van der Waals surface area contributed by atoms with E-state index in [9.17, 15) is 14.4 Å². The Morgan fingerprint density at radius 1 is 0.895 bits per heavy atom. The highest BCUT2D eigenvalue weighted by Gasteiger charge is 2.15. The Morgan fingerprint density at radius 3 is 2.11 bits per heavy atom. The number of nitrogens with zero attached hydrogens (tertiary/aromatic N) is 4. The average molecular weight is 530 g/mol. The Kier molecular flexibility index (Phi) is 10.4. The van der Waals surface area contributed by atoms with Gasteiger partial charge < -0.3 is 24.1 Å². The number of ether oxygens (including phenoxy) is 3. The molecule has 11 nitrogen and oxygen atoms in total. The van der Waals surface area contributed by atoms with Crippen LogP contribution in [0.4, 0.5) is 0 Å². The minimum absolute atomic E-state index is 0.0103. The van der Waals surface area contributed by atoms with E-state index in [4.69, 9.17) is 14.2 Å². The fraction of sp³-hybridized carbons (Fsp3) is 0.556. The molecule has 208 valence electrons. The molecule has 0 atom stereocenters. The third kappa shape index (κ3) is 6.76. The molecule has 2 aromatic heterocycles. The zero-order valence-corrected chi connectivity index (χ0v) is 23.0. The Morgan fingerprint density at radius 2 is 1.50 bits per heavy atom. The van der Waals surface area contributed by atoms with Crippen molar-refractivity contribution < 1.29 is 19.0 Å². The first-order valence-corrected chi connectivity index (χ1v) is 13.0. The maximum Gasteiger partial charge on any atom is 0.332 e. The van der Waals surface area contributed by atoms with E-state index in [1.807, 2.05) is 12.1 Å². The van der Waals surface area contributed by atoms with Crippen molar-refractivity contribution in [3.05, 3.63) is 44.9 Å². The fourth-order valence-electron chi connectivity index (χ4n) is 4.56. The molecule has 0 saturated heterocycles. The zero-order chi connectivity index (χ0) is 27.7. The van der Waals surface area contributed by atoms with Crippen molar-refractivity contribution in [1.29, 1.82) is 0 Å². The van der Waals surface area contributed by atoms with Crippen molar-refractivity contribution in [2.75, 3.05) is 21.3 Å². The van der Waals surface area contributed by atoms with Crippen LogP contribution in [0.3, 0.4) is 0 Å². The number of carbonyl (C=O) groups is 1. The number of hydrogen-bond donors (Lipinski definition) is 1. The van der Waals surface area contributed by atoms with Crippen LogP contribution < -0.4 is 30.8 Å². The standard InChI is InChI=1S/C27H39N5O6/c1-30-18-29-25-23(30)26(34)32(27(35)31(25)2)14-12-10-8-6-7-9-11-13-22(33)28-17-19-15-20(36-3)24(38-5)21(16-19)37-4/h15-16,18H,6-14,17H2,1-5H3,(H,28,33). The van der Waals surface area contributed by atoms with E-state index < -0.39 is 0 Å². The molecule has 0 bridgehead atoms. The van der Waals surface area contributed by atoms with Crippen LogP contribution in [0.25, 0.3) is 11.2 Å². The lowest BCUT2D eigenvalue weighted by Gasteiger charge is -2.14. The van der Waals surface area contributed by atoms with E-state index in [0.29, 0.717) is 47.9 Å². The van der Waals surface area contributed by atoms with Gasteiger partial charge >= 0.3 is 5.69 Å². The highest BCUT2D eigenvalue weighted by Crippen LogP contribution is 2.38. The number of aryl methyl sites for hydroxylation is 2. The Labute approximate surface area is 222 Å². The molecule has 1 aromatic carbocycles. The molecule has 1 N–H and O–H groups in total. The summed E-state index contributed by atoms with van der Waals surface area (Å²) in [6.45, 7) is 0.786. The lowest BCUT2D eigenvalue weighted by molar-refractivity contribution is -0.121. The molecule has 3 aromatic rings. The van der Waals surface area contributed by atoms with E-state index in [1.54, 1.807) is 46.3 Å². The topological polar surface area (TPSA) is 119 Å². The monoisotopic (exact) mass is 529 g/mol. The third-order valence-electron chi connectivity index (χ3n) is 6.70. The molecule has 2 heterocycles. The Balaban J connectivity index is 1.32. The van der Waals surface area contributed by atoms with Crippen LogP contribution in [0.1, 0.15) is 56.9 Å². The minimum atomic E-state index is -0.329. The first kappa shape index (κ1) is 28.8. The van der Waals surface area contributed by atoms with Crippen molar-refractivity contribution >= 4 is 17.1 Å². The number of nitrogens with one attached hydrogen (secondary N) is 1. The van der Waals surface area contributed by atoms with Gasteiger partial charge in [-0.15, -0.1) is 0 Å². The maximum atomic E-state index is 12.7. The molecule has 0 unspecified atom stereocenters. The number of benzene rings is 1. The van der Waals surface area contributed by atoms with Gasteiger partial charge in [-0.3, -0.25) is 18.7 Å². The number of hydrogen-bond acceptors (Lipinski definition) is 7. The third-order valence-corrected chi connectivity index (χ3v) is 6.70. The van der Waals surface area contributed by atoms with Gasteiger partial charge in [-0.1, -0.05) is 32.1 Å². The van der Waals surface area contributed by atoms with Crippen molar-refractivity contribution in [3.8, 4) is 17.2 Å². The molecule has 0 aliphatic heterocycles. The number of rotatable bonds is 15. The minimum Gasteiger partial charge on any atom is -0.493 e. The van der Waals surface area contributed by atoms with Gasteiger partial charge in [0.05, 0.1) is 27.7 Å². The van der Waals surface area contributed by atoms with Gasteiger partial charge in [0.2, 0.25) is 11.7 Å². The number of carbonyl (C=O) groups excluding carboxylic acids is 1. The second-order valence-electron chi connectivity index (χ2n) is 9.36. The molecule has 3 rings (SSSR count). The quantitative estimate of drug-likeness (QED) is 0.301. The number of methoxy groups -OCH3 is 3. The van der Waals surface area contributed by atoms with E-state index in [1.165, 1.54) is 9.13 Å². The second kappa shape index (κ2) is 13.7. The smallest absolute Gasteiger partial charge is 0.332 e. The van der Waals surface area contributed by atoms with Crippen LogP contribution in [0, 0.1) is 0 Å². The van der Waals surface area contributed by atoms with Gasteiger partial charge in [-0.25, -0.2) is 9.78 Å². The lowest BCUT2D eigenvalue weighted by atomic mass is 10.1. The Hall–Kier alpha value is -3.76. The zero-order valence-electron chi connectivity index (χ0n) is 23.0. The van der Waals surface area contributed by atoms with Crippen molar-refractivity contribution in [2.45, 2.75) is 64.5 Å². The number of amides is 1. The van der Waals surface area contributed by atoms with E-state index in [-0.39, 0.29) is 17.2 Å². The van der Waals surface area contributed by atoms with Crippen LogP contribution in [0.5, 0.6) is 17.2 Å². The summed E-state index contributed by atoms with van der Waals surface area (Å²) in [4.78, 5) is 41.7. The summed E-state index contributed by atoms with van der Waals surface area (Å²) in [5.41, 5.74) is 1.11. The summed E-state index contributed by atoms with van der Waals surface area (Å²) in [5, 5.41) is 2.95. The summed E-state index contributed by atoms with van der Waals surface area (Å²) in [5.74, 6) is 1.64. The largest absolute Gasteiger partial charge is 0.493 e. The maximum absolute atomic E-state index is 12.7. The average Bonchev–Trinajstić information content (AvgIpc) is 3.32. The molecule has 1 amide bonds. The molecular weight excluding hydrogens is 490 g/mol. The van der Waals surface area contributed by atoms with Crippen LogP contribution in [0.2, 0.25) is 0 Å². The van der Waals surface area contributed by atoms with Crippen molar-refractivity contribution in [3.63, 3.8) is 0 Å². The summed E-state index contributed by atoms with van der Waals surface area (Å²) in [6, 6.07) is 3.65. The predicted octanol–water partition coefficient (Wildman–Crippen LogP) is 2.90. The fourth-order valence-corrected chi connectivity index (χ4v) is 4.56. The van der Waals surface area contributed by atoms with Gasteiger partial charge in [0.1, 0.15) is 0 Å². The number of fused-ring (bicyclic) bond motifs is 1. The van der Waals surface area contributed by atoms with Gasteiger partial charge in [0, 0.05) is 33.6 Å². The molecule has 0 aliphatic rings. The van der Waals surface area contributed by atoms with Crippen LogP contribution in [0.15, 0.2) is 28.0 Å². The van der Waals surface area contributed by atoms with Crippen molar-refractivity contribution in [2.24, 2.45) is 14.1 Å². The van der Waals surface area contributed by atoms with Gasteiger partial charge in [0.15, 0.2) is 22.7 Å². The second-order valence-corrected chi connectivity index (χ2v) is 9.36. The molecule has 0 spiro atoms. The molecule has 0 radical (unpaired) electrons. The van der Waals surface area contributed by atoms with Crippen molar-refractivity contribution in [1.82, 2.24) is 24.0 Å². The van der Waals surface area contributed by atoms with Crippen LogP contribution in [-0.4, -0.2) is 45.9 Å². The molecule has 0 fully saturated rings. The highest BCUT2D eigenvalue weighted by atomic mass is 16.5. The van der Waals surface area contributed by atoms with Crippen LogP contribution in [-0.2, 0) is 32.0 Å². The normalized spacial score (nSPS) is 11.1. The summed E-state index contributed by atoms with van der Waals surface area (Å²) >= 11 is 0. The summed E-state index contributed by atoms with van der Waals surface area (Å²) in [6.07, 6.45) is 8.67. The summed E-state index contributed by atoms with van der Waals surface area (Å²) in [7, 11) is 8.07. The molecule has 11 heteroatoms. The molecule has 0 saturated carbocycles. The van der Waals surface area contributed by atoms with Gasteiger partial charge in [0.25, 0.3) is 5.56 Å². The SMILES string of the molecule is COc1cc(CNC(=O)CCCCCCCCCn2c(=O)c3c(ncn3C)n(C)c2=O)cc(OC)c1OC. The van der Waals surface area contributed by atoms with E-state index in [0.717, 1.165) is 50.5 Å². The Bertz CT molecular complexity index is 1330. The first-order valence-electron chi connectivity index (χ1n) is 13.0. The molecule has 0 aliphatic carbocycles. The molecule has 38 heavy (non-hydrogen) atoms.